The van der Waals surface area contributed by atoms with Crippen LogP contribution in [0.2, 0.25) is 0 Å². The highest BCUT2D eigenvalue weighted by Gasteiger charge is 1.95. The van der Waals surface area contributed by atoms with E-state index in [9.17, 15) is 0 Å². The molecule has 0 heterocycles. The third-order valence-corrected chi connectivity index (χ3v) is 1.50. The van der Waals surface area contributed by atoms with Crippen molar-refractivity contribution in [3.8, 4) is 0 Å². The molecule has 0 bridgehead atoms. The van der Waals surface area contributed by atoms with Crippen LogP contribution >= 0.6 is 0 Å². The van der Waals surface area contributed by atoms with Gasteiger partial charge in [-0.05, 0) is 0 Å². The first-order valence-electron chi connectivity index (χ1n) is 8.83. The Balaban J connectivity index is -0.0000000413. The lowest BCUT2D eigenvalue weighted by molar-refractivity contribution is 0.504. The van der Waals surface area contributed by atoms with Gasteiger partial charge in [-0.3, -0.25) is 0 Å². The van der Waals surface area contributed by atoms with Crippen LogP contribution in [-0.2, 0) is 0 Å². The van der Waals surface area contributed by atoms with Gasteiger partial charge >= 0.3 is 0 Å². The number of hydrogen-bond acceptors (Lipinski definition) is 0. The SMILES string of the molecule is C1CCCCC1.CC.CC.CC.CCC.CCC. The van der Waals surface area contributed by atoms with Crippen molar-refractivity contribution in [3.63, 3.8) is 0 Å². The van der Waals surface area contributed by atoms with Gasteiger partial charge in [0.25, 0.3) is 0 Å². The standard InChI is InChI=1S/C6H12.2C3H8.3C2H6/c1-2-4-6-5-3-1;2*1-3-2;3*1-2/h1-6H2;2*3H2,1-2H3;3*1-2H3. The van der Waals surface area contributed by atoms with E-state index < -0.39 is 0 Å². The zero-order valence-electron chi connectivity index (χ0n) is 15.7. The van der Waals surface area contributed by atoms with Crippen molar-refractivity contribution in [2.24, 2.45) is 0 Å². The van der Waals surface area contributed by atoms with E-state index >= 15 is 0 Å². The molecular weight excluding hydrogens is 216 g/mol. The van der Waals surface area contributed by atoms with Gasteiger partial charge in [0.2, 0.25) is 0 Å². The molecule has 0 unspecified atom stereocenters. The lowest BCUT2D eigenvalue weighted by Crippen LogP contribution is -1.85. The fraction of sp³-hybridized carbons (Fsp3) is 1.00. The Morgan fingerprint density at radius 1 is 0.389 bits per heavy atom. The molecule has 0 aromatic carbocycles. The minimum atomic E-state index is 1.25. The summed E-state index contributed by atoms with van der Waals surface area (Å²) in [4.78, 5) is 0. The number of hydrogen-bond donors (Lipinski definition) is 0. The van der Waals surface area contributed by atoms with Crippen molar-refractivity contribution in [2.75, 3.05) is 0 Å². The van der Waals surface area contributed by atoms with Crippen LogP contribution in [0.3, 0.4) is 0 Å². The lowest BCUT2D eigenvalue weighted by Gasteiger charge is -2.05. The highest BCUT2D eigenvalue weighted by molar-refractivity contribution is 4.51. The summed E-state index contributed by atoms with van der Waals surface area (Å²) in [6.45, 7) is 20.5. The van der Waals surface area contributed by atoms with Gasteiger partial charge in [0, 0.05) is 0 Å². The van der Waals surface area contributed by atoms with Crippen LogP contribution < -0.4 is 0 Å². The quantitative estimate of drug-likeness (QED) is 0.412. The first kappa shape index (κ1) is 30.8. The Kier molecular flexibility index (Phi) is 116. The highest BCUT2D eigenvalue weighted by Crippen LogP contribution is 2.15. The molecule has 118 valence electrons. The second-order valence-corrected chi connectivity index (χ2v) is 3.54. The molecule has 1 rings (SSSR count). The second-order valence-electron chi connectivity index (χ2n) is 3.54. The summed E-state index contributed by atoms with van der Waals surface area (Å²) in [6.07, 6.45) is 11.5. The van der Waals surface area contributed by atoms with Crippen molar-refractivity contribution in [1.29, 1.82) is 0 Å². The van der Waals surface area contributed by atoms with Crippen molar-refractivity contribution in [1.82, 2.24) is 0 Å². The Morgan fingerprint density at radius 3 is 0.500 bits per heavy atom. The van der Waals surface area contributed by atoms with E-state index in [-0.39, 0.29) is 0 Å². The third kappa shape index (κ3) is 100. The van der Waals surface area contributed by atoms with Crippen LogP contribution in [0.4, 0.5) is 0 Å². The average Bonchev–Trinajstić information content (AvgIpc) is 2.49. The van der Waals surface area contributed by atoms with Crippen LogP contribution in [0, 0.1) is 0 Å². The van der Waals surface area contributed by atoms with Crippen LogP contribution in [0.5, 0.6) is 0 Å². The van der Waals surface area contributed by atoms with Gasteiger partial charge in [-0.2, -0.15) is 0 Å². The molecule has 0 amide bonds. The van der Waals surface area contributed by atoms with Gasteiger partial charge < -0.3 is 0 Å². The molecule has 1 saturated carbocycles. The largest absolute Gasteiger partial charge is 0.0683 e. The smallest absolute Gasteiger partial charge is 0.0533 e. The summed E-state index contributed by atoms with van der Waals surface area (Å²) in [7, 11) is 0. The molecular formula is C18H46. The second kappa shape index (κ2) is 68.0. The predicted octanol–water partition coefficient (Wildman–Crippen LogP) is 8.25. The molecule has 1 aliphatic rings. The van der Waals surface area contributed by atoms with Crippen molar-refractivity contribution in [2.45, 2.75) is 121 Å². The molecule has 18 heavy (non-hydrogen) atoms. The minimum Gasteiger partial charge on any atom is -0.0683 e. The molecule has 1 aliphatic carbocycles. The molecule has 0 aromatic heterocycles. The minimum absolute atomic E-state index is 1.25. The summed E-state index contributed by atoms with van der Waals surface area (Å²) in [5, 5.41) is 0. The lowest BCUT2D eigenvalue weighted by atomic mass is 10.0. The van der Waals surface area contributed by atoms with E-state index in [2.05, 4.69) is 27.7 Å². The number of rotatable bonds is 0. The molecule has 0 nitrogen and oxygen atoms in total. The fourth-order valence-electron chi connectivity index (χ4n) is 1.06. The zero-order chi connectivity index (χ0) is 15.7. The van der Waals surface area contributed by atoms with Crippen molar-refractivity contribution >= 4 is 0 Å². The van der Waals surface area contributed by atoms with Crippen LogP contribution in [0.25, 0.3) is 0 Å². The summed E-state index contributed by atoms with van der Waals surface area (Å²) in [5.41, 5.74) is 0. The zero-order valence-corrected chi connectivity index (χ0v) is 15.7. The maximum Gasteiger partial charge on any atom is -0.0533 e. The van der Waals surface area contributed by atoms with E-state index in [1.807, 2.05) is 41.5 Å². The van der Waals surface area contributed by atoms with E-state index in [1.54, 1.807) is 0 Å². The Hall–Kier alpha value is 0. The van der Waals surface area contributed by atoms with Crippen molar-refractivity contribution in [3.05, 3.63) is 0 Å². The summed E-state index contributed by atoms with van der Waals surface area (Å²) >= 11 is 0. The first-order chi connectivity index (χ1) is 8.83. The monoisotopic (exact) mass is 262 g/mol. The Morgan fingerprint density at radius 2 is 0.444 bits per heavy atom. The molecule has 0 atom stereocenters. The Labute approximate surface area is 121 Å². The van der Waals surface area contributed by atoms with E-state index in [0.717, 1.165) is 0 Å². The molecule has 0 radical (unpaired) electrons. The summed E-state index contributed by atoms with van der Waals surface area (Å²) in [6, 6.07) is 0. The predicted molar refractivity (Wildman–Crippen MR) is 93.7 cm³/mol. The normalized spacial score (nSPS) is 11.0. The molecule has 0 N–H and O–H groups in total. The average molecular weight is 263 g/mol. The van der Waals surface area contributed by atoms with Gasteiger partial charge in [-0.15, -0.1) is 0 Å². The van der Waals surface area contributed by atoms with Crippen LogP contribution in [-0.4, -0.2) is 0 Å². The van der Waals surface area contributed by atoms with E-state index in [1.165, 1.54) is 51.4 Å². The topological polar surface area (TPSA) is 0 Å². The van der Waals surface area contributed by atoms with Gasteiger partial charge in [-0.25, -0.2) is 0 Å². The van der Waals surface area contributed by atoms with Gasteiger partial charge in [0.1, 0.15) is 0 Å². The summed E-state index contributed by atoms with van der Waals surface area (Å²) < 4.78 is 0. The molecule has 0 aliphatic heterocycles. The Bertz CT molecular complexity index is 30.5. The molecule has 0 spiro atoms. The van der Waals surface area contributed by atoms with E-state index in [4.69, 9.17) is 0 Å². The first-order valence-corrected chi connectivity index (χ1v) is 8.83. The van der Waals surface area contributed by atoms with Gasteiger partial charge in [-0.1, -0.05) is 121 Å². The summed E-state index contributed by atoms with van der Waals surface area (Å²) in [5.74, 6) is 0. The van der Waals surface area contributed by atoms with Crippen LogP contribution in [0.1, 0.15) is 121 Å². The third-order valence-electron chi connectivity index (χ3n) is 1.50. The fourth-order valence-corrected chi connectivity index (χ4v) is 1.06. The highest BCUT2D eigenvalue weighted by atomic mass is 14.0. The molecule has 0 saturated heterocycles. The molecule has 0 heteroatoms. The van der Waals surface area contributed by atoms with E-state index in [0.29, 0.717) is 0 Å². The maximum absolute atomic E-state index is 2.12. The van der Waals surface area contributed by atoms with Crippen molar-refractivity contribution < 1.29 is 0 Å². The molecule has 1 fully saturated rings. The maximum atomic E-state index is 2.12. The van der Waals surface area contributed by atoms with Crippen LogP contribution in [0.15, 0.2) is 0 Å². The van der Waals surface area contributed by atoms with Gasteiger partial charge in [0.15, 0.2) is 0 Å². The molecule has 0 aromatic rings. The van der Waals surface area contributed by atoms with Gasteiger partial charge in [0.05, 0.1) is 0 Å².